The van der Waals surface area contributed by atoms with Crippen molar-refractivity contribution in [1.29, 1.82) is 0 Å². The summed E-state index contributed by atoms with van der Waals surface area (Å²) in [6.45, 7) is 2.29. The van der Waals surface area contributed by atoms with Gasteiger partial charge in [0.1, 0.15) is 11.0 Å². The maximum absolute atomic E-state index is 5.05. The highest BCUT2D eigenvalue weighted by atomic mass is 15.5. The van der Waals surface area contributed by atoms with Gasteiger partial charge in [-0.15, -0.1) is 15.0 Å². The van der Waals surface area contributed by atoms with E-state index < -0.39 is 0 Å². The highest BCUT2D eigenvalue weighted by Crippen LogP contribution is 2.42. The number of hydrogen-bond donors (Lipinski definition) is 0. The maximum Gasteiger partial charge on any atom is 0.268 e. The molecule has 8 aromatic rings. The fourth-order valence-corrected chi connectivity index (χ4v) is 7.33. The van der Waals surface area contributed by atoms with Crippen molar-refractivity contribution in [2.24, 2.45) is 5.92 Å². The van der Waals surface area contributed by atoms with Crippen LogP contribution < -0.4 is 9.80 Å². The third-order valence-electron chi connectivity index (χ3n) is 9.87. The number of hydrogen-bond acceptors (Lipinski definition) is 6. The van der Waals surface area contributed by atoms with E-state index >= 15 is 0 Å². The molecule has 0 saturated heterocycles. The lowest BCUT2D eigenvalue weighted by Gasteiger charge is -2.32. The van der Waals surface area contributed by atoms with Crippen molar-refractivity contribution in [3.05, 3.63) is 200 Å². The second-order valence-electron chi connectivity index (χ2n) is 13.3. The minimum absolute atomic E-state index is 0.216. The van der Waals surface area contributed by atoms with Gasteiger partial charge in [-0.3, -0.25) is 0 Å². The molecule has 0 N–H and O–H groups in total. The summed E-state index contributed by atoms with van der Waals surface area (Å²) in [6, 6.07) is 56.9. The van der Waals surface area contributed by atoms with Crippen LogP contribution in [0.25, 0.3) is 33.7 Å². The summed E-state index contributed by atoms with van der Waals surface area (Å²) in [5, 5.41) is 10.1. The molecule has 0 fully saturated rings. The van der Waals surface area contributed by atoms with E-state index in [2.05, 4.69) is 184 Å². The minimum Gasteiger partial charge on any atom is -0.314 e. The molecule has 2 heterocycles. The molecule has 0 aliphatic heterocycles. The summed E-state index contributed by atoms with van der Waals surface area (Å²) in [4.78, 5) is 15.1. The lowest BCUT2D eigenvalue weighted by Crippen LogP contribution is -2.20. The second-order valence-corrected chi connectivity index (χ2v) is 13.3. The number of rotatable bonds is 9. The maximum atomic E-state index is 5.05. The Morgan fingerprint density at radius 2 is 0.944 bits per heavy atom. The van der Waals surface area contributed by atoms with E-state index in [0.717, 1.165) is 62.6 Å². The molecule has 6 aromatic carbocycles. The van der Waals surface area contributed by atoms with Crippen molar-refractivity contribution < 1.29 is 0 Å². The van der Waals surface area contributed by atoms with Gasteiger partial charge in [-0.25, -0.2) is 9.97 Å². The molecule has 260 valence electrons. The lowest BCUT2D eigenvalue weighted by molar-refractivity contribution is 0.709. The predicted octanol–water partition coefficient (Wildman–Crippen LogP) is 11.5. The predicted molar refractivity (Wildman–Crippen MR) is 219 cm³/mol. The van der Waals surface area contributed by atoms with Crippen LogP contribution in [0.5, 0.6) is 0 Å². The van der Waals surface area contributed by atoms with Crippen molar-refractivity contribution in [3.63, 3.8) is 0 Å². The van der Waals surface area contributed by atoms with Gasteiger partial charge < -0.3 is 9.80 Å². The zero-order valence-corrected chi connectivity index (χ0v) is 29.8. The van der Waals surface area contributed by atoms with E-state index in [9.17, 15) is 0 Å². The van der Waals surface area contributed by atoms with E-state index in [1.54, 1.807) is 23.3 Å². The molecule has 7 nitrogen and oxygen atoms in total. The van der Waals surface area contributed by atoms with Gasteiger partial charge in [0.2, 0.25) is 0 Å². The van der Waals surface area contributed by atoms with E-state index in [0.29, 0.717) is 5.95 Å². The molecule has 7 heteroatoms. The second kappa shape index (κ2) is 14.5. The highest BCUT2D eigenvalue weighted by molar-refractivity contribution is 5.99. The third kappa shape index (κ3) is 6.33. The Kier molecular flexibility index (Phi) is 8.79. The zero-order valence-electron chi connectivity index (χ0n) is 29.8. The number of anilines is 5. The number of aromatic nitrogens is 5. The summed E-state index contributed by atoms with van der Waals surface area (Å²) < 4.78 is 0. The molecule has 0 saturated carbocycles. The molecule has 1 aliphatic carbocycles. The number of allylic oxidation sites excluding steroid dienone is 4. The van der Waals surface area contributed by atoms with Crippen LogP contribution in [0.2, 0.25) is 0 Å². The summed E-state index contributed by atoms with van der Waals surface area (Å²) in [6.07, 6.45) is 8.79. The summed E-state index contributed by atoms with van der Waals surface area (Å²) >= 11 is 0. The topological polar surface area (TPSA) is 63.0 Å². The van der Waals surface area contributed by atoms with Crippen molar-refractivity contribution in [3.8, 4) is 17.1 Å². The van der Waals surface area contributed by atoms with Crippen LogP contribution in [-0.2, 0) is 0 Å². The Morgan fingerprint density at radius 1 is 0.481 bits per heavy atom. The van der Waals surface area contributed by atoms with Crippen LogP contribution in [0.1, 0.15) is 18.9 Å². The molecule has 0 bridgehead atoms. The Bertz CT molecular complexity index is 2490. The van der Waals surface area contributed by atoms with Crippen LogP contribution in [0.3, 0.4) is 0 Å². The van der Waals surface area contributed by atoms with Crippen LogP contribution in [0.15, 0.2) is 194 Å². The first-order chi connectivity index (χ1) is 26.7. The number of nitrogens with zero attached hydrogens (tertiary/aromatic N) is 7. The SMILES string of the molecule is CC1CC(N(c2ccccc2)c2ccccc2)=CC=C1c1ccc(-c2ccc(N(c3ccccc3)c3ccccc3)cc2)c2nn(-c3ncccn3)nc12. The Hall–Kier alpha value is -7.12. The summed E-state index contributed by atoms with van der Waals surface area (Å²) in [5.41, 5.74) is 12.7. The highest BCUT2D eigenvalue weighted by Gasteiger charge is 2.26. The van der Waals surface area contributed by atoms with Crippen molar-refractivity contribution in [1.82, 2.24) is 25.0 Å². The monoisotopic (exact) mass is 699 g/mol. The first-order valence-electron chi connectivity index (χ1n) is 18.2. The van der Waals surface area contributed by atoms with Gasteiger partial charge in [0.05, 0.1) is 0 Å². The minimum atomic E-state index is 0.216. The average molecular weight is 700 g/mol. The van der Waals surface area contributed by atoms with Gasteiger partial charge in [0.25, 0.3) is 5.95 Å². The molecular formula is C47H37N7. The molecule has 2 aromatic heterocycles. The first kappa shape index (κ1) is 32.8. The normalized spacial score (nSPS) is 14.0. The number of benzene rings is 6. The smallest absolute Gasteiger partial charge is 0.268 e. The summed E-state index contributed by atoms with van der Waals surface area (Å²) in [7, 11) is 0. The van der Waals surface area contributed by atoms with Gasteiger partial charge in [-0.1, -0.05) is 110 Å². The van der Waals surface area contributed by atoms with E-state index in [1.165, 1.54) is 11.3 Å². The first-order valence-corrected chi connectivity index (χ1v) is 18.2. The number of fused-ring (bicyclic) bond motifs is 1. The molecule has 9 rings (SSSR count). The Morgan fingerprint density at radius 3 is 1.46 bits per heavy atom. The third-order valence-corrected chi connectivity index (χ3v) is 9.87. The molecule has 0 radical (unpaired) electrons. The van der Waals surface area contributed by atoms with Crippen molar-refractivity contribution >= 4 is 45.0 Å². The van der Waals surface area contributed by atoms with Gasteiger partial charge in [0, 0.05) is 57.7 Å². The summed E-state index contributed by atoms with van der Waals surface area (Å²) in [5.74, 6) is 0.643. The van der Waals surface area contributed by atoms with Crippen molar-refractivity contribution in [2.75, 3.05) is 9.80 Å². The van der Waals surface area contributed by atoms with Crippen molar-refractivity contribution in [2.45, 2.75) is 13.3 Å². The molecule has 1 unspecified atom stereocenters. The lowest BCUT2D eigenvalue weighted by atomic mass is 9.84. The molecule has 0 spiro atoms. The molecule has 1 aliphatic rings. The standard InChI is InChI=1S/C47H37N7/c1-34-33-41(53(38-19-10-4-11-20-38)39-21-12-5-13-22-39)27-28-42(34)44-30-29-43(45-46(44)51-54(50-45)47-48-31-14-32-49-47)35-23-25-40(26-24-35)52(36-15-6-2-7-16-36)37-17-8-3-9-18-37/h2-32,34H,33H2,1H3. The molecule has 0 amide bonds. The zero-order chi connectivity index (χ0) is 36.3. The largest absolute Gasteiger partial charge is 0.314 e. The van der Waals surface area contributed by atoms with Crippen LogP contribution in [0, 0.1) is 5.92 Å². The van der Waals surface area contributed by atoms with Gasteiger partial charge >= 0.3 is 0 Å². The van der Waals surface area contributed by atoms with E-state index in [1.807, 2.05) is 12.1 Å². The molecule has 1 atom stereocenters. The van der Waals surface area contributed by atoms with Crippen LogP contribution in [-0.4, -0.2) is 25.0 Å². The Balaban J connectivity index is 1.13. The number of para-hydroxylation sites is 4. The van der Waals surface area contributed by atoms with Gasteiger partial charge in [0.15, 0.2) is 0 Å². The average Bonchev–Trinajstić information content (AvgIpc) is 3.69. The quantitative estimate of drug-likeness (QED) is 0.149. The van der Waals surface area contributed by atoms with Gasteiger partial charge in [-0.05, 0) is 96.3 Å². The fourth-order valence-electron chi connectivity index (χ4n) is 7.33. The van der Waals surface area contributed by atoms with E-state index in [4.69, 9.17) is 10.2 Å². The molecule has 54 heavy (non-hydrogen) atoms. The fraction of sp³-hybridized carbons (Fsp3) is 0.0638. The van der Waals surface area contributed by atoms with Gasteiger partial charge in [-0.2, -0.15) is 0 Å². The van der Waals surface area contributed by atoms with E-state index in [-0.39, 0.29) is 5.92 Å². The van der Waals surface area contributed by atoms with Crippen LogP contribution in [0.4, 0.5) is 28.4 Å². The molecular weight excluding hydrogens is 663 g/mol. The van der Waals surface area contributed by atoms with Crippen LogP contribution >= 0.6 is 0 Å². The Labute approximate surface area is 314 Å².